The van der Waals surface area contributed by atoms with Gasteiger partial charge in [-0.3, -0.25) is 5.10 Å². The zero-order valence-corrected chi connectivity index (χ0v) is 12.2. The first-order valence-electron chi connectivity index (χ1n) is 7.41. The summed E-state index contributed by atoms with van der Waals surface area (Å²) in [6.45, 7) is 0.497. The number of carboxylic acid groups (broad SMARTS) is 1. The van der Waals surface area contributed by atoms with Crippen LogP contribution in [0.1, 0.15) is 18.0 Å². The third-order valence-electron chi connectivity index (χ3n) is 4.15. The van der Waals surface area contributed by atoms with Crippen molar-refractivity contribution in [3.8, 4) is 16.9 Å². The number of ether oxygens (including phenoxy) is 1. The molecule has 1 aliphatic rings. The Bertz CT molecular complexity index is 888. The number of amides is 1. The first-order valence-corrected chi connectivity index (χ1v) is 7.41. The van der Waals surface area contributed by atoms with E-state index in [9.17, 15) is 4.79 Å². The number of rotatable bonds is 2. The molecular formula is C17H15N3O3. The summed E-state index contributed by atoms with van der Waals surface area (Å²) in [6, 6.07) is 11.7. The minimum absolute atomic E-state index is 0.227. The van der Waals surface area contributed by atoms with E-state index in [4.69, 9.17) is 9.84 Å². The molecule has 6 nitrogen and oxygen atoms in total. The summed E-state index contributed by atoms with van der Waals surface area (Å²) in [5.41, 5.74) is 3.94. The maximum Gasteiger partial charge on any atom is 0.405 e. The number of nitrogens with one attached hydrogen (secondary N) is 2. The first-order chi connectivity index (χ1) is 11.2. The van der Waals surface area contributed by atoms with Crippen LogP contribution in [0.25, 0.3) is 22.0 Å². The Labute approximate surface area is 132 Å². The lowest BCUT2D eigenvalue weighted by atomic mass is 9.95. The van der Waals surface area contributed by atoms with Crippen molar-refractivity contribution >= 4 is 17.0 Å². The highest BCUT2D eigenvalue weighted by Gasteiger charge is 2.23. The van der Waals surface area contributed by atoms with Gasteiger partial charge in [-0.1, -0.05) is 24.3 Å². The second-order valence-electron chi connectivity index (χ2n) is 5.53. The quantitative estimate of drug-likeness (QED) is 0.677. The molecule has 1 atom stereocenters. The van der Waals surface area contributed by atoms with Crippen LogP contribution in [0, 0.1) is 0 Å². The van der Waals surface area contributed by atoms with Crippen LogP contribution >= 0.6 is 0 Å². The van der Waals surface area contributed by atoms with Gasteiger partial charge in [-0.05, 0) is 23.3 Å². The highest BCUT2D eigenvalue weighted by molar-refractivity contribution is 5.94. The smallest absolute Gasteiger partial charge is 0.405 e. The number of hydrogen-bond donors (Lipinski definition) is 3. The first kappa shape index (κ1) is 13.6. The van der Waals surface area contributed by atoms with Crippen molar-refractivity contribution < 1.29 is 14.6 Å². The zero-order chi connectivity index (χ0) is 15.8. The van der Waals surface area contributed by atoms with Crippen molar-refractivity contribution in [1.29, 1.82) is 0 Å². The number of benzene rings is 2. The third-order valence-corrected chi connectivity index (χ3v) is 4.15. The summed E-state index contributed by atoms with van der Waals surface area (Å²) in [4.78, 5) is 10.9. The van der Waals surface area contributed by atoms with Crippen LogP contribution in [0.5, 0.6) is 5.75 Å². The van der Waals surface area contributed by atoms with Crippen LogP contribution < -0.4 is 10.1 Å². The van der Waals surface area contributed by atoms with Gasteiger partial charge in [-0.15, -0.1) is 0 Å². The summed E-state index contributed by atoms with van der Waals surface area (Å²) < 4.78 is 5.73. The molecule has 4 rings (SSSR count). The Morgan fingerprint density at radius 2 is 2.26 bits per heavy atom. The van der Waals surface area contributed by atoms with Crippen molar-refractivity contribution in [2.75, 3.05) is 6.61 Å². The number of carbonyl (C=O) groups is 1. The SMILES string of the molecule is O=C(O)NC1CCOc2cc(-c3cccc4[nH]ncc34)ccc21. The van der Waals surface area contributed by atoms with E-state index in [1.807, 2.05) is 36.4 Å². The molecule has 2 aromatic carbocycles. The Morgan fingerprint density at radius 3 is 3.13 bits per heavy atom. The molecule has 3 aromatic rings. The van der Waals surface area contributed by atoms with Gasteiger partial charge in [-0.2, -0.15) is 5.10 Å². The minimum atomic E-state index is -1.02. The van der Waals surface area contributed by atoms with Gasteiger partial charge in [-0.25, -0.2) is 4.79 Å². The van der Waals surface area contributed by atoms with Crippen LogP contribution in [-0.2, 0) is 0 Å². The molecule has 3 N–H and O–H groups in total. The summed E-state index contributed by atoms with van der Waals surface area (Å²) in [7, 11) is 0. The molecule has 1 aliphatic heterocycles. The van der Waals surface area contributed by atoms with E-state index in [2.05, 4.69) is 15.5 Å². The van der Waals surface area contributed by atoms with E-state index in [1.54, 1.807) is 6.20 Å². The van der Waals surface area contributed by atoms with Crippen LogP contribution in [0.2, 0.25) is 0 Å². The lowest BCUT2D eigenvalue weighted by Crippen LogP contribution is -2.30. The fraction of sp³-hybridized carbons (Fsp3) is 0.176. The lowest BCUT2D eigenvalue weighted by Gasteiger charge is -2.26. The van der Waals surface area contributed by atoms with Crippen molar-refractivity contribution in [2.45, 2.75) is 12.5 Å². The molecule has 0 saturated heterocycles. The second-order valence-corrected chi connectivity index (χ2v) is 5.53. The van der Waals surface area contributed by atoms with Gasteiger partial charge in [0.25, 0.3) is 0 Å². The minimum Gasteiger partial charge on any atom is -0.493 e. The van der Waals surface area contributed by atoms with E-state index in [0.717, 1.165) is 33.3 Å². The van der Waals surface area contributed by atoms with Gasteiger partial charge in [0.15, 0.2) is 0 Å². The molecule has 0 spiro atoms. The van der Waals surface area contributed by atoms with Crippen LogP contribution in [0.15, 0.2) is 42.6 Å². The van der Waals surface area contributed by atoms with Gasteiger partial charge >= 0.3 is 6.09 Å². The van der Waals surface area contributed by atoms with Gasteiger partial charge in [0.2, 0.25) is 0 Å². The molecule has 0 fully saturated rings. The monoisotopic (exact) mass is 309 g/mol. The normalized spacial score (nSPS) is 16.6. The number of fused-ring (bicyclic) bond motifs is 2. The van der Waals surface area contributed by atoms with Gasteiger partial charge in [0.05, 0.1) is 24.4 Å². The molecule has 0 aliphatic carbocycles. The molecule has 1 unspecified atom stereocenters. The largest absolute Gasteiger partial charge is 0.493 e. The van der Waals surface area contributed by atoms with E-state index < -0.39 is 6.09 Å². The van der Waals surface area contributed by atoms with E-state index >= 15 is 0 Å². The van der Waals surface area contributed by atoms with Gasteiger partial charge < -0.3 is 15.2 Å². The molecule has 1 aromatic heterocycles. The fourth-order valence-electron chi connectivity index (χ4n) is 3.08. The Kier molecular flexibility index (Phi) is 3.15. The molecule has 116 valence electrons. The van der Waals surface area contributed by atoms with E-state index in [-0.39, 0.29) is 6.04 Å². The summed E-state index contributed by atoms with van der Waals surface area (Å²) in [5.74, 6) is 0.730. The number of aromatic amines is 1. The van der Waals surface area contributed by atoms with Gasteiger partial charge in [0, 0.05) is 17.4 Å². The molecule has 2 heterocycles. The maximum absolute atomic E-state index is 10.9. The standard InChI is InChI=1S/C17H15N3O3/c21-17(22)19-14-6-7-23-16-8-10(4-5-12(14)16)11-2-1-3-15-13(11)9-18-20-15/h1-5,8-9,14,19H,6-7H2,(H,18,20)(H,21,22). The summed E-state index contributed by atoms with van der Waals surface area (Å²) >= 11 is 0. The molecule has 0 saturated carbocycles. The van der Waals surface area contributed by atoms with E-state index in [1.165, 1.54) is 0 Å². The van der Waals surface area contributed by atoms with Crippen LogP contribution in [0.3, 0.4) is 0 Å². The topological polar surface area (TPSA) is 87.2 Å². The summed E-state index contributed by atoms with van der Waals surface area (Å²) in [6.07, 6.45) is 1.42. The molecule has 6 heteroatoms. The molecular weight excluding hydrogens is 294 g/mol. The van der Waals surface area contributed by atoms with Crippen molar-refractivity contribution in [2.24, 2.45) is 0 Å². The lowest BCUT2D eigenvalue weighted by molar-refractivity contribution is 0.182. The van der Waals surface area contributed by atoms with Crippen molar-refractivity contribution in [1.82, 2.24) is 15.5 Å². The van der Waals surface area contributed by atoms with Crippen molar-refractivity contribution in [3.05, 3.63) is 48.2 Å². The van der Waals surface area contributed by atoms with Gasteiger partial charge in [0.1, 0.15) is 5.75 Å². The zero-order valence-electron chi connectivity index (χ0n) is 12.2. The Balaban J connectivity index is 1.78. The van der Waals surface area contributed by atoms with Crippen LogP contribution in [0.4, 0.5) is 4.79 Å². The van der Waals surface area contributed by atoms with Crippen LogP contribution in [-0.4, -0.2) is 28.0 Å². The Hall–Kier alpha value is -3.02. The molecule has 23 heavy (non-hydrogen) atoms. The highest BCUT2D eigenvalue weighted by atomic mass is 16.5. The predicted molar refractivity (Wildman–Crippen MR) is 85.5 cm³/mol. The highest BCUT2D eigenvalue weighted by Crippen LogP contribution is 2.37. The number of H-pyrrole nitrogens is 1. The van der Waals surface area contributed by atoms with Crippen molar-refractivity contribution in [3.63, 3.8) is 0 Å². The average Bonchev–Trinajstić information content (AvgIpc) is 3.02. The molecule has 0 bridgehead atoms. The number of nitrogens with zero attached hydrogens (tertiary/aromatic N) is 1. The molecule has 1 amide bonds. The number of aromatic nitrogens is 2. The average molecular weight is 309 g/mol. The fourth-order valence-corrected chi connectivity index (χ4v) is 3.08. The summed E-state index contributed by atoms with van der Waals surface area (Å²) in [5, 5.41) is 19.6. The number of hydrogen-bond acceptors (Lipinski definition) is 3. The predicted octanol–water partition coefficient (Wildman–Crippen LogP) is 3.32. The van der Waals surface area contributed by atoms with E-state index in [0.29, 0.717) is 13.0 Å². The maximum atomic E-state index is 10.9. The second kappa shape index (κ2) is 5.31. The molecule has 0 radical (unpaired) electrons. The Morgan fingerprint density at radius 1 is 1.35 bits per heavy atom. The third kappa shape index (κ3) is 2.38.